The second-order valence-corrected chi connectivity index (χ2v) is 5.09. The van der Waals surface area contributed by atoms with Crippen molar-refractivity contribution in [3.63, 3.8) is 0 Å². The average molecular weight is 287 g/mol. The fourth-order valence-corrected chi connectivity index (χ4v) is 2.40. The number of H-pyrrole nitrogens is 1. The van der Waals surface area contributed by atoms with Gasteiger partial charge in [-0.25, -0.2) is 4.98 Å². The molecular weight excluding hydrogens is 270 g/mol. The number of likely N-dealkylation sites (tertiary alicyclic amines) is 1. The lowest BCUT2D eigenvalue weighted by molar-refractivity contribution is 0.0581. The van der Waals surface area contributed by atoms with Gasteiger partial charge < -0.3 is 9.64 Å². The van der Waals surface area contributed by atoms with Crippen LogP contribution in [-0.2, 0) is 0 Å². The van der Waals surface area contributed by atoms with Crippen molar-refractivity contribution < 1.29 is 9.53 Å². The average Bonchev–Trinajstić information content (AvgIpc) is 3.04. The van der Waals surface area contributed by atoms with Gasteiger partial charge in [-0.15, -0.1) is 0 Å². The topological polar surface area (TPSA) is 84.0 Å². The smallest absolute Gasteiger partial charge is 0.276 e. The highest BCUT2D eigenvalue weighted by Crippen LogP contribution is 2.20. The number of pyridine rings is 1. The molecule has 2 aromatic rings. The second kappa shape index (κ2) is 5.90. The predicted molar refractivity (Wildman–Crippen MR) is 74.9 cm³/mol. The number of hydrogen-bond donors (Lipinski definition) is 1. The van der Waals surface area contributed by atoms with Crippen LogP contribution in [0.2, 0.25) is 0 Å². The third kappa shape index (κ3) is 3.01. The minimum absolute atomic E-state index is 0.0868. The molecule has 0 aliphatic carbocycles. The molecule has 3 heterocycles. The molecule has 1 aliphatic rings. The van der Waals surface area contributed by atoms with E-state index in [2.05, 4.69) is 20.4 Å². The van der Waals surface area contributed by atoms with Crippen molar-refractivity contribution in [3.05, 3.63) is 35.8 Å². The zero-order valence-electron chi connectivity index (χ0n) is 11.8. The van der Waals surface area contributed by atoms with Gasteiger partial charge in [-0.05, 0) is 13.0 Å². The summed E-state index contributed by atoms with van der Waals surface area (Å²) >= 11 is 0. The first-order valence-corrected chi connectivity index (χ1v) is 6.97. The quantitative estimate of drug-likeness (QED) is 0.916. The number of carbonyl (C=O) groups is 1. The van der Waals surface area contributed by atoms with Gasteiger partial charge in [0, 0.05) is 37.7 Å². The zero-order chi connectivity index (χ0) is 14.7. The maximum atomic E-state index is 12.1. The first-order valence-electron chi connectivity index (χ1n) is 6.97. The van der Waals surface area contributed by atoms with Crippen LogP contribution in [0, 0.1) is 6.92 Å². The number of amides is 1. The van der Waals surface area contributed by atoms with Crippen LogP contribution in [0.3, 0.4) is 0 Å². The molecule has 0 saturated carbocycles. The van der Waals surface area contributed by atoms with Crippen LogP contribution >= 0.6 is 0 Å². The summed E-state index contributed by atoms with van der Waals surface area (Å²) in [5.41, 5.74) is 1.38. The summed E-state index contributed by atoms with van der Waals surface area (Å²) < 4.78 is 5.92. The van der Waals surface area contributed by atoms with E-state index in [1.807, 2.05) is 19.1 Å². The van der Waals surface area contributed by atoms with Gasteiger partial charge in [-0.2, -0.15) is 15.4 Å². The second-order valence-electron chi connectivity index (χ2n) is 5.09. The minimum Gasteiger partial charge on any atom is -0.474 e. The van der Waals surface area contributed by atoms with E-state index in [0.29, 0.717) is 24.7 Å². The van der Waals surface area contributed by atoms with E-state index in [1.165, 1.54) is 6.20 Å². The van der Waals surface area contributed by atoms with Crippen LogP contribution < -0.4 is 4.74 Å². The Kier molecular flexibility index (Phi) is 3.81. The number of hydrogen-bond acceptors (Lipinski definition) is 5. The van der Waals surface area contributed by atoms with Gasteiger partial charge in [-0.3, -0.25) is 4.79 Å². The maximum absolute atomic E-state index is 12.1. The summed E-state index contributed by atoms with van der Waals surface area (Å²) in [6.07, 6.45) is 4.85. The third-order valence-corrected chi connectivity index (χ3v) is 3.60. The highest BCUT2D eigenvalue weighted by molar-refractivity contribution is 5.91. The lowest BCUT2D eigenvalue weighted by Gasteiger charge is -2.31. The number of carbonyl (C=O) groups excluding carboxylic acids is 1. The predicted octanol–water partition coefficient (Wildman–Crippen LogP) is 1.19. The molecular formula is C14H17N5O2. The van der Waals surface area contributed by atoms with Gasteiger partial charge in [0.05, 0.1) is 6.20 Å². The molecule has 7 heteroatoms. The third-order valence-electron chi connectivity index (χ3n) is 3.60. The Bertz CT molecular complexity index is 606. The largest absolute Gasteiger partial charge is 0.474 e. The van der Waals surface area contributed by atoms with Crippen molar-refractivity contribution in [2.24, 2.45) is 0 Å². The SMILES string of the molecule is Cc1cccnc1OC1CCN(C(=O)c2cn[nH]n2)CC1. The molecule has 1 amide bonds. The Morgan fingerprint density at radius 1 is 1.43 bits per heavy atom. The van der Waals surface area contributed by atoms with E-state index >= 15 is 0 Å². The van der Waals surface area contributed by atoms with Crippen molar-refractivity contribution in [1.82, 2.24) is 25.3 Å². The molecule has 1 saturated heterocycles. The lowest BCUT2D eigenvalue weighted by atomic mass is 10.1. The summed E-state index contributed by atoms with van der Waals surface area (Å²) in [5.74, 6) is 0.593. The Balaban J connectivity index is 1.56. The molecule has 1 fully saturated rings. The van der Waals surface area contributed by atoms with E-state index in [0.717, 1.165) is 18.4 Å². The van der Waals surface area contributed by atoms with Crippen LogP contribution in [0.1, 0.15) is 28.9 Å². The monoisotopic (exact) mass is 287 g/mol. The number of aryl methyl sites for hydroxylation is 1. The van der Waals surface area contributed by atoms with E-state index in [9.17, 15) is 4.79 Å². The Morgan fingerprint density at radius 3 is 2.90 bits per heavy atom. The van der Waals surface area contributed by atoms with E-state index in [-0.39, 0.29) is 12.0 Å². The molecule has 0 bridgehead atoms. The molecule has 2 aromatic heterocycles. The molecule has 21 heavy (non-hydrogen) atoms. The van der Waals surface area contributed by atoms with Crippen LogP contribution in [0.25, 0.3) is 0 Å². The van der Waals surface area contributed by atoms with Crippen molar-refractivity contribution in [2.75, 3.05) is 13.1 Å². The van der Waals surface area contributed by atoms with E-state index < -0.39 is 0 Å². The Hall–Kier alpha value is -2.44. The van der Waals surface area contributed by atoms with E-state index in [1.54, 1.807) is 11.1 Å². The van der Waals surface area contributed by atoms with Gasteiger partial charge in [0.15, 0.2) is 5.69 Å². The molecule has 0 spiro atoms. The number of piperidine rings is 1. The van der Waals surface area contributed by atoms with Crippen molar-refractivity contribution in [3.8, 4) is 5.88 Å². The number of nitrogens with zero attached hydrogens (tertiary/aromatic N) is 4. The summed E-state index contributed by atoms with van der Waals surface area (Å²) in [7, 11) is 0. The number of ether oxygens (including phenoxy) is 1. The van der Waals surface area contributed by atoms with Gasteiger partial charge in [0.25, 0.3) is 5.91 Å². The molecule has 1 N–H and O–H groups in total. The summed E-state index contributed by atoms with van der Waals surface area (Å²) in [4.78, 5) is 18.2. The fraction of sp³-hybridized carbons (Fsp3) is 0.429. The zero-order valence-corrected chi connectivity index (χ0v) is 11.8. The Labute approximate surface area is 122 Å². The van der Waals surface area contributed by atoms with Crippen molar-refractivity contribution >= 4 is 5.91 Å². The van der Waals surface area contributed by atoms with Gasteiger partial charge in [-0.1, -0.05) is 6.07 Å². The van der Waals surface area contributed by atoms with Crippen LogP contribution in [-0.4, -0.2) is 50.4 Å². The summed E-state index contributed by atoms with van der Waals surface area (Å²) in [6.45, 7) is 3.29. The maximum Gasteiger partial charge on any atom is 0.276 e. The van der Waals surface area contributed by atoms with Crippen LogP contribution in [0.5, 0.6) is 5.88 Å². The highest BCUT2D eigenvalue weighted by Gasteiger charge is 2.26. The van der Waals surface area contributed by atoms with Crippen LogP contribution in [0.4, 0.5) is 0 Å². The number of rotatable bonds is 3. The summed E-state index contributed by atoms with van der Waals surface area (Å²) in [6, 6.07) is 3.87. The molecule has 0 aromatic carbocycles. The molecule has 110 valence electrons. The van der Waals surface area contributed by atoms with Gasteiger partial charge in [0.1, 0.15) is 6.10 Å². The molecule has 1 aliphatic heterocycles. The summed E-state index contributed by atoms with van der Waals surface area (Å²) in [5, 5.41) is 9.94. The lowest BCUT2D eigenvalue weighted by Crippen LogP contribution is -2.42. The first-order chi connectivity index (χ1) is 10.2. The number of nitrogens with one attached hydrogen (secondary N) is 1. The molecule has 3 rings (SSSR count). The van der Waals surface area contributed by atoms with Crippen LogP contribution in [0.15, 0.2) is 24.5 Å². The van der Waals surface area contributed by atoms with Crippen molar-refractivity contribution in [2.45, 2.75) is 25.9 Å². The first kappa shape index (κ1) is 13.5. The molecule has 0 unspecified atom stereocenters. The molecule has 7 nitrogen and oxygen atoms in total. The van der Waals surface area contributed by atoms with Crippen molar-refractivity contribution in [1.29, 1.82) is 0 Å². The molecule has 0 radical (unpaired) electrons. The fourth-order valence-electron chi connectivity index (χ4n) is 2.40. The minimum atomic E-state index is -0.0868. The van der Waals surface area contributed by atoms with Gasteiger partial charge >= 0.3 is 0 Å². The number of aromatic nitrogens is 4. The highest BCUT2D eigenvalue weighted by atomic mass is 16.5. The standard InChI is InChI=1S/C14H17N5O2/c1-10-3-2-6-15-13(10)21-11-4-7-19(8-5-11)14(20)12-9-16-18-17-12/h2-3,6,9,11H,4-5,7-8H2,1H3,(H,16,17,18). The molecule has 0 atom stereocenters. The number of aromatic amines is 1. The van der Waals surface area contributed by atoms with Gasteiger partial charge in [0.2, 0.25) is 5.88 Å². The Morgan fingerprint density at radius 2 is 2.24 bits per heavy atom. The normalized spacial score (nSPS) is 16.0. The van der Waals surface area contributed by atoms with E-state index in [4.69, 9.17) is 4.74 Å².